The van der Waals surface area contributed by atoms with Crippen molar-refractivity contribution in [1.82, 2.24) is 13.9 Å². The zero-order valence-corrected chi connectivity index (χ0v) is 14.1. The minimum Gasteiger partial charge on any atom is -0.374 e. The van der Waals surface area contributed by atoms with Gasteiger partial charge in [0.25, 0.3) is 10.2 Å². The molecule has 124 valence electrons. The van der Waals surface area contributed by atoms with Gasteiger partial charge in [-0.05, 0) is 18.8 Å². The molecule has 2 fully saturated rings. The van der Waals surface area contributed by atoms with Gasteiger partial charge in [-0.15, -0.1) is 0 Å². The van der Waals surface area contributed by atoms with E-state index in [4.69, 9.17) is 4.74 Å². The van der Waals surface area contributed by atoms with Gasteiger partial charge in [-0.25, -0.2) is 0 Å². The average Bonchev–Trinajstić information content (AvgIpc) is 2.46. The Morgan fingerprint density at radius 1 is 1.19 bits per heavy atom. The lowest BCUT2D eigenvalue weighted by Crippen LogP contribution is -2.51. The molecule has 1 atom stereocenters. The molecule has 6 nitrogen and oxygen atoms in total. The molecule has 0 aliphatic carbocycles. The largest absolute Gasteiger partial charge is 0.374 e. The Morgan fingerprint density at radius 2 is 1.90 bits per heavy atom. The van der Waals surface area contributed by atoms with Crippen LogP contribution in [0, 0.1) is 5.92 Å². The molecule has 0 radical (unpaired) electrons. The predicted molar refractivity (Wildman–Crippen MR) is 83.4 cm³/mol. The number of nitrogens with one attached hydrogen (secondary N) is 1. The lowest BCUT2D eigenvalue weighted by Gasteiger charge is -2.34. The number of rotatable bonds is 6. The van der Waals surface area contributed by atoms with Crippen LogP contribution in [0.3, 0.4) is 0 Å². The maximum absolute atomic E-state index is 12.2. The molecular formula is C14H29N3O3S. The Morgan fingerprint density at radius 3 is 2.57 bits per heavy atom. The van der Waals surface area contributed by atoms with Crippen LogP contribution in [0.25, 0.3) is 0 Å². The number of hydrogen-bond donors (Lipinski definition) is 1. The minimum atomic E-state index is -3.34. The first-order chi connectivity index (χ1) is 9.97. The third kappa shape index (κ3) is 5.49. The molecule has 2 aliphatic heterocycles. The first-order valence-electron chi connectivity index (χ1n) is 8.06. The van der Waals surface area contributed by atoms with Crippen LogP contribution in [0.4, 0.5) is 0 Å². The summed E-state index contributed by atoms with van der Waals surface area (Å²) in [5, 5.41) is 0. The number of piperidine rings is 1. The predicted octanol–water partition coefficient (Wildman–Crippen LogP) is 0.664. The highest BCUT2D eigenvalue weighted by Gasteiger charge is 2.26. The summed E-state index contributed by atoms with van der Waals surface area (Å²) in [7, 11) is -3.34. The van der Waals surface area contributed by atoms with Crippen LogP contribution in [0.2, 0.25) is 0 Å². The number of nitrogens with zero attached hydrogens (tertiary/aromatic N) is 2. The van der Waals surface area contributed by atoms with E-state index < -0.39 is 10.2 Å². The highest BCUT2D eigenvalue weighted by atomic mass is 32.2. The molecular weight excluding hydrogens is 290 g/mol. The average molecular weight is 319 g/mol. The standard InChI is InChI=1S/C14H29N3O3S/c1-13(2)11-16-8-9-20-14(12-16)10-15-21(18,19)17-6-4-3-5-7-17/h13-15H,3-12H2,1-2H3/t14-/m1/s1. The molecule has 0 bridgehead atoms. The third-order valence-corrected chi connectivity index (χ3v) is 5.57. The van der Waals surface area contributed by atoms with E-state index >= 15 is 0 Å². The van der Waals surface area contributed by atoms with Gasteiger partial charge in [0.2, 0.25) is 0 Å². The number of morpholine rings is 1. The van der Waals surface area contributed by atoms with E-state index in [1.807, 2.05) is 0 Å². The molecule has 2 aliphatic rings. The molecule has 2 rings (SSSR count). The fourth-order valence-electron chi connectivity index (χ4n) is 2.98. The summed E-state index contributed by atoms with van der Waals surface area (Å²) in [4.78, 5) is 2.36. The summed E-state index contributed by atoms with van der Waals surface area (Å²) in [6, 6.07) is 0. The van der Waals surface area contributed by atoms with E-state index in [0.29, 0.717) is 32.2 Å². The zero-order chi connectivity index (χ0) is 15.3. The fraction of sp³-hybridized carbons (Fsp3) is 1.00. The lowest BCUT2D eigenvalue weighted by molar-refractivity contribution is -0.0281. The number of hydrogen-bond acceptors (Lipinski definition) is 4. The van der Waals surface area contributed by atoms with Crippen LogP contribution < -0.4 is 4.72 Å². The molecule has 0 saturated carbocycles. The van der Waals surface area contributed by atoms with Crippen LogP contribution in [0.1, 0.15) is 33.1 Å². The maximum Gasteiger partial charge on any atom is 0.279 e. The van der Waals surface area contributed by atoms with E-state index in [0.717, 1.165) is 38.9 Å². The summed E-state index contributed by atoms with van der Waals surface area (Å²) < 4.78 is 34.4. The molecule has 0 unspecified atom stereocenters. The van der Waals surface area contributed by atoms with E-state index in [1.165, 1.54) is 0 Å². The fourth-order valence-corrected chi connectivity index (χ4v) is 4.30. The molecule has 7 heteroatoms. The lowest BCUT2D eigenvalue weighted by atomic mass is 10.2. The quantitative estimate of drug-likeness (QED) is 0.781. The monoisotopic (exact) mass is 319 g/mol. The number of ether oxygens (including phenoxy) is 1. The van der Waals surface area contributed by atoms with E-state index in [-0.39, 0.29) is 6.10 Å². The summed E-state index contributed by atoms with van der Waals surface area (Å²) >= 11 is 0. The topological polar surface area (TPSA) is 61.9 Å². The van der Waals surface area contributed by atoms with Crippen LogP contribution in [-0.2, 0) is 14.9 Å². The van der Waals surface area contributed by atoms with Crippen LogP contribution >= 0.6 is 0 Å². The van der Waals surface area contributed by atoms with Crippen LogP contribution in [0.15, 0.2) is 0 Å². The molecule has 0 spiro atoms. The Kier molecular flexibility index (Phi) is 6.43. The van der Waals surface area contributed by atoms with Crippen molar-refractivity contribution in [3.8, 4) is 0 Å². The second-order valence-electron chi connectivity index (χ2n) is 6.46. The van der Waals surface area contributed by atoms with Crippen molar-refractivity contribution >= 4 is 10.2 Å². The Labute approximate surface area is 129 Å². The highest BCUT2D eigenvalue weighted by molar-refractivity contribution is 7.87. The van der Waals surface area contributed by atoms with Crippen LogP contribution in [-0.4, -0.2) is 69.6 Å². The van der Waals surface area contributed by atoms with Gasteiger partial charge in [0.15, 0.2) is 0 Å². The van der Waals surface area contributed by atoms with Gasteiger partial charge >= 0.3 is 0 Å². The van der Waals surface area contributed by atoms with Crippen molar-refractivity contribution in [3.63, 3.8) is 0 Å². The summed E-state index contributed by atoms with van der Waals surface area (Å²) in [5.41, 5.74) is 0. The molecule has 0 amide bonds. The van der Waals surface area contributed by atoms with Gasteiger partial charge < -0.3 is 4.74 Å². The third-order valence-electron chi connectivity index (χ3n) is 3.99. The second-order valence-corrected chi connectivity index (χ2v) is 8.21. The molecule has 0 aromatic heterocycles. The summed E-state index contributed by atoms with van der Waals surface area (Å²) in [6.45, 7) is 9.51. The van der Waals surface area contributed by atoms with Gasteiger partial charge in [-0.3, -0.25) is 4.90 Å². The van der Waals surface area contributed by atoms with Gasteiger partial charge in [0, 0.05) is 39.3 Å². The Balaban J connectivity index is 1.78. The van der Waals surface area contributed by atoms with Crippen molar-refractivity contribution in [2.24, 2.45) is 5.92 Å². The molecule has 0 aromatic rings. The Hall–Kier alpha value is -0.210. The molecule has 1 N–H and O–H groups in total. The minimum absolute atomic E-state index is 0.0444. The van der Waals surface area contributed by atoms with Gasteiger partial charge in [0.1, 0.15) is 0 Å². The normalized spacial score (nSPS) is 26.3. The van der Waals surface area contributed by atoms with Crippen LogP contribution in [0.5, 0.6) is 0 Å². The Bertz CT molecular complexity index is 408. The summed E-state index contributed by atoms with van der Waals surface area (Å²) in [5.74, 6) is 0.619. The van der Waals surface area contributed by atoms with E-state index in [9.17, 15) is 8.42 Å². The second kappa shape index (κ2) is 7.87. The molecule has 21 heavy (non-hydrogen) atoms. The van der Waals surface area contributed by atoms with Crippen molar-refractivity contribution in [3.05, 3.63) is 0 Å². The van der Waals surface area contributed by atoms with Gasteiger partial charge in [-0.2, -0.15) is 17.4 Å². The highest BCUT2D eigenvalue weighted by Crippen LogP contribution is 2.12. The van der Waals surface area contributed by atoms with E-state index in [1.54, 1.807) is 4.31 Å². The molecule has 2 heterocycles. The first kappa shape index (κ1) is 17.1. The molecule has 0 aromatic carbocycles. The first-order valence-corrected chi connectivity index (χ1v) is 9.50. The van der Waals surface area contributed by atoms with Gasteiger partial charge in [0.05, 0.1) is 12.7 Å². The smallest absolute Gasteiger partial charge is 0.279 e. The molecule has 2 saturated heterocycles. The summed E-state index contributed by atoms with van der Waals surface area (Å²) in [6.07, 6.45) is 3.01. The van der Waals surface area contributed by atoms with Crippen molar-refractivity contribution in [1.29, 1.82) is 0 Å². The van der Waals surface area contributed by atoms with Crippen molar-refractivity contribution in [2.75, 3.05) is 45.9 Å². The van der Waals surface area contributed by atoms with Crippen molar-refractivity contribution < 1.29 is 13.2 Å². The SMILES string of the molecule is CC(C)CN1CCO[C@H](CNS(=O)(=O)N2CCCCC2)C1. The zero-order valence-electron chi connectivity index (χ0n) is 13.3. The van der Waals surface area contributed by atoms with E-state index in [2.05, 4.69) is 23.5 Å². The van der Waals surface area contributed by atoms with Gasteiger partial charge in [-0.1, -0.05) is 20.3 Å². The maximum atomic E-state index is 12.2. The van der Waals surface area contributed by atoms with Crippen molar-refractivity contribution in [2.45, 2.75) is 39.2 Å².